The van der Waals surface area contributed by atoms with E-state index in [2.05, 4.69) is 20.4 Å². The summed E-state index contributed by atoms with van der Waals surface area (Å²) in [6.07, 6.45) is 1.08. The number of aromatic nitrogens is 3. The fourth-order valence-electron chi connectivity index (χ4n) is 2.29. The van der Waals surface area contributed by atoms with Crippen LogP contribution in [0.5, 0.6) is 0 Å². The summed E-state index contributed by atoms with van der Waals surface area (Å²) in [5.41, 5.74) is 2.11. The van der Waals surface area contributed by atoms with E-state index in [9.17, 15) is 4.79 Å². The highest BCUT2D eigenvalue weighted by Crippen LogP contribution is 2.20. The van der Waals surface area contributed by atoms with Crippen molar-refractivity contribution >= 4 is 22.7 Å². The number of hydrogen-bond acceptors (Lipinski definition) is 7. The predicted molar refractivity (Wildman–Crippen MR) is 90.1 cm³/mol. The Labute approximate surface area is 144 Å². The molecule has 3 rings (SSSR count). The average molecular weight is 344 g/mol. The molecule has 0 aliphatic heterocycles. The molecule has 0 saturated carbocycles. The number of anilines is 1. The molecule has 8 nitrogen and oxygen atoms in total. The maximum Gasteiger partial charge on any atom is 0.227 e. The van der Waals surface area contributed by atoms with E-state index in [0.717, 1.165) is 11.9 Å². The summed E-state index contributed by atoms with van der Waals surface area (Å²) >= 11 is 0. The minimum absolute atomic E-state index is 0.141. The van der Waals surface area contributed by atoms with Crippen molar-refractivity contribution in [1.82, 2.24) is 15.1 Å². The van der Waals surface area contributed by atoms with Gasteiger partial charge < -0.3 is 19.0 Å². The van der Waals surface area contributed by atoms with Gasteiger partial charge in [-0.2, -0.15) is 4.98 Å². The minimum atomic E-state index is -0.242. The number of ether oxygens (including phenoxy) is 1. The zero-order valence-corrected chi connectivity index (χ0v) is 14.4. The second-order valence-electron chi connectivity index (χ2n) is 5.62. The van der Waals surface area contributed by atoms with Crippen LogP contribution in [0.3, 0.4) is 0 Å². The van der Waals surface area contributed by atoms with Crippen molar-refractivity contribution in [1.29, 1.82) is 0 Å². The Morgan fingerprint density at radius 2 is 2.16 bits per heavy atom. The van der Waals surface area contributed by atoms with Crippen molar-refractivity contribution in [2.24, 2.45) is 0 Å². The Balaban J connectivity index is 1.58. The smallest absolute Gasteiger partial charge is 0.227 e. The molecule has 8 heteroatoms. The molecule has 1 amide bonds. The van der Waals surface area contributed by atoms with Crippen molar-refractivity contribution in [3.63, 3.8) is 0 Å². The molecule has 2 aromatic heterocycles. The molecule has 2 heterocycles. The quantitative estimate of drug-likeness (QED) is 0.702. The number of rotatable bonds is 7. The number of nitrogens with zero attached hydrogens (tertiary/aromatic N) is 3. The van der Waals surface area contributed by atoms with Gasteiger partial charge in [-0.05, 0) is 25.1 Å². The lowest BCUT2D eigenvalue weighted by atomic mass is 10.2. The molecule has 25 heavy (non-hydrogen) atoms. The molecule has 0 radical (unpaired) electrons. The summed E-state index contributed by atoms with van der Waals surface area (Å²) in [4.78, 5) is 20.7. The van der Waals surface area contributed by atoms with Crippen LogP contribution in [0.4, 0.5) is 5.69 Å². The fourth-order valence-corrected chi connectivity index (χ4v) is 2.29. The van der Waals surface area contributed by atoms with Gasteiger partial charge in [0.1, 0.15) is 11.6 Å². The predicted octanol–water partition coefficient (Wildman–Crippen LogP) is 3.05. The lowest BCUT2D eigenvalue weighted by Gasteiger charge is -2.03. The zero-order chi connectivity index (χ0) is 17.8. The van der Waals surface area contributed by atoms with Gasteiger partial charge in [-0.25, -0.2) is 4.98 Å². The summed E-state index contributed by atoms with van der Waals surface area (Å²) in [6, 6.07) is 5.38. The lowest BCUT2D eigenvalue weighted by molar-refractivity contribution is -0.116. The number of aryl methyl sites for hydroxylation is 2. The van der Waals surface area contributed by atoms with E-state index in [1.54, 1.807) is 25.3 Å². The van der Waals surface area contributed by atoms with Crippen LogP contribution < -0.4 is 5.32 Å². The van der Waals surface area contributed by atoms with Crippen molar-refractivity contribution in [3.8, 4) is 0 Å². The number of oxazole rings is 1. The molecular formula is C17H20N4O4. The highest BCUT2D eigenvalue weighted by Gasteiger charge is 2.14. The highest BCUT2D eigenvalue weighted by molar-refractivity contribution is 5.92. The van der Waals surface area contributed by atoms with Crippen LogP contribution in [0.15, 0.2) is 27.1 Å². The Morgan fingerprint density at radius 3 is 2.92 bits per heavy atom. The molecule has 1 N–H and O–H groups in total. The molecule has 0 aliphatic carbocycles. The van der Waals surface area contributed by atoms with Gasteiger partial charge in [0, 0.05) is 32.1 Å². The topological polar surface area (TPSA) is 103 Å². The number of hydrogen-bond donors (Lipinski definition) is 1. The summed E-state index contributed by atoms with van der Waals surface area (Å²) in [5, 5.41) is 6.67. The average Bonchev–Trinajstić information content (AvgIpc) is 3.25. The monoisotopic (exact) mass is 344 g/mol. The van der Waals surface area contributed by atoms with Crippen LogP contribution in [0.2, 0.25) is 0 Å². The highest BCUT2D eigenvalue weighted by atomic mass is 16.5. The van der Waals surface area contributed by atoms with E-state index < -0.39 is 0 Å². The molecule has 0 bridgehead atoms. The number of benzene rings is 1. The number of fused-ring (bicyclic) bond motifs is 1. The Kier molecular flexibility index (Phi) is 5.08. The second-order valence-corrected chi connectivity index (χ2v) is 5.62. The maximum absolute atomic E-state index is 12.1. The van der Waals surface area contributed by atoms with Crippen LogP contribution in [-0.4, -0.2) is 28.1 Å². The Bertz CT molecular complexity index is 871. The third kappa shape index (κ3) is 4.03. The van der Waals surface area contributed by atoms with E-state index in [0.29, 0.717) is 35.3 Å². The summed E-state index contributed by atoms with van der Waals surface area (Å²) in [7, 11) is 1.57. The van der Waals surface area contributed by atoms with Crippen LogP contribution in [0.1, 0.15) is 44.0 Å². The molecule has 0 saturated heterocycles. The van der Waals surface area contributed by atoms with Crippen LogP contribution in [0, 0.1) is 0 Å². The van der Waals surface area contributed by atoms with Gasteiger partial charge in [-0.3, -0.25) is 4.79 Å². The van der Waals surface area contributed by atoms with Crippen LogP contribution >= 0.6 is 0 Å². The van der Waals surface area contributed by atoms with Crippen molar-refractivity contribution in [3.05, 3.63) is 35.8 Å². The van der Waals surface area contributed by atoms with E-state index in [-0.39, 0.29) is 18.4 Å². The Morgan fingerprint density at radius 1 is 1.32 bits per heavy atom. The molecule has 0 aliphatic rings. The van der Waals surface area contributed by atoms with Gasteiger partial charge in [0.05, 0.1) is 0 Å². The minimum Gasteiger partial charge on any atom is -0.441 e. The third-order valence-corrected chi connectivity index (χ3v) is 3.78. The molecular weight excluding hydrogens is 324 g/mol. The Hall–Kier alpha value is -2.74. The molecule has 0 spiro atoms. The van der Waals surface area contributed by atoms with E-state index in [1.807, 2.05) is 13.8 Å². The SMILES string of the molecule is CCc1nc2cc(NC(=O)CCc3nc(C(C)OC)no3)ccc2o1. The fraction of sp³-hybridized carbons (Fsp3) is 0.412. The van der Waals surface area contributed by atoms with Gasteiger partial charge in [0.2, 0.25) is 11.8 Å². The maximum atomic E-state index is 12.1. The lowest BCUT2D eigenvalue weighted by Crippen LogP contribution is -2.12. The van der Waals surface area contributed by atoms with E-state index in [4.69, 9.17) is 13.7 Å². The van der Waals surface area contributed by atoms with Crippen LogP contribution in [-0.2, 0) is 22.4 Å². The molecule has 1 aromatic carbocycles. The van der Waals surface area contributed by atoms with E-state index >= 15 is 0 Å². The standard InChI is InChI=1S/C17H20N4O4/c1-4-15-19-12-9-11(5-6-13(12)24-15)18-14(22)7-8-16-20-17(21-25-16)10(2)23-3/h5-6,9-10H,4,7-8H2,1-3H3,(H,18,22). The largest absolute Gasteiger partial charge is 0.441 e. The second kappa shape index (κ2) is 7.43. The summed E-state index contributed by atoms with van der Waals surface area (Å²) in [6.45, 7) is 3.80. The van der Waals surface area contributed by atoms with Crippen LogP contribution in [0.25, 0.3) is 11.1 Å². The number of amides is 1. The molecule has 1 unspecified atom stereocenters. The first-order chi connectivity index (χ1) is 12.1. The molecule has 132 valence electrons. The number of methoxy groups -OCH3 is 1. The van der Waals surface area contributed by atoms with Gasteiger partial charge >= 0.3 is 0 Å². The first-order valence-electron chi connectivity index (χ1n) is 8.13. The number of nitrogens with one attached hydrogen (secondary N) is 1. The van der Waals surface area contributed by atoms with Crippen molar-refractivity contribution < 1.29 is 18.5 Å². The van der Waals surface area contributed by atoms with Crippen molar-refractivity contribution in [2.75, 3.05) is 12.4 Å². The van der Waals surface area contributed by atoms with Crippen molar-refractivity contribution in [2.45, 2.75) is 39.2 Å². The molecule has 1 atom stereocenters. The van der Waals surface area contributed by atoms with Gasteiger partial charge in [-0.1, -0.05) is 12.1 Å². The molecule has 3 aromatic rings. The summed E-state index contributed by atoms with van der Waals surface area (Å²) < 4.78 is 15.8. The summed E-state index contributed by atoms with van der Waals surface area (Å²) in [5.74, 6) is 1.42. The first-order valence-corrected chi connectivity index (χ1v) is 8.13. The first kappa shape index (κ1) is 17.1. The number of carbonyl (C=O) groups is 1. The number of carbonyl (C=O) groups excluding carboxylic acids is 1. The van der Waals surface area contributed by atoms with Gasteiger partial charge in [0.15, 0.2) is 17.3 Å². The van der Waals surface area contributed by atoms with Gasteiger partial charge in [-0.15, -0.1) is 0 Å². The zero-order valence-electron chi connectivity index (χ0n) is 14.4. The van der Waals surface area contributed by atoms with E-state index in [1.165, 1.54) is 0 Å². The third-order valence-electron chi connectivity index (χ3n) is 3.78. The van der Waals surface area contributed by atoms with Gasteiger partial charge in [0.25, 0.3) is 0 Å². The molecule has 0 fully saturated rings. The normalized spacial score (nSPS) is 12.4.